The number of hydrogen-bond donors (Lipinski definition) is 2. The van der Waals surface area contributed by atoms with E-state index in [4.69, 9.17) is 0 Å². The molecule has 1 aromatic heterocycles. The molecule has 4 nitrogen and oxygen atoms in total. The van der Waals surface area contributed by atoms with E-state index in [1.165, 1.54) is 11.3 Å². The van der Waals surface area contributed by atoms with Gasteiger partial charge in [0.1, 0.15) is 0 Å². The summed E-state index contributed by atoms with van der Waals surface area (Å²) in [5, 5.41) is 17.8. The first-order chi connectivity index (χ1) is 7.93. The van der Waals surface area contributed by atoms with Gasteiger partial charge >= 0.3 is 0 Å². The van der Waals surface area contributed by atoms with Gasteiger partial charge in [0.25, 0.3) is 0 Å². The van der Waals surface area contributed by atoms with E-state index in [0.717, 1.165) is 12.8 Å². The van der Waals surface area contributed by atoms with Crippen molar-refractivity contribution in [2.24, 2.45) is 7.05 Å². The number of aliphatic hydroxyl groups is 1. The standard InChI is InChI=1S/C13H25N3O/c1-6-13(17,7-2)9-14-10(3)12-8-15-16(5)11(12)4/h8,10,14,17H,6-7,9H2,1-5H3. The van der Waals surface area contributed by atoms with Gasteiger partial charge in [-0.2, -0.15) is 5.10 Å². The van der Waals surface area contributed by atoms with Crippen LogP contribution >= 0.6 is 0 Å². The van der Waals surface area contributed by atoms with Crippen LogP contribution in [0, 0.1) is 6.92 Å². The number of hydrogen-bond acceptors (Lipinski definition) is 3. The average Bonchev–Trinajstić information content (AvgIpc) is 2.67. The Morgan fingerprint density at radius 2 is 2.06 bits per heavy atom. The topological polar surface area (TPSA) is 50.1 Å². The minimum absolute atomic E-state index is 0.216. The molecular weight excluding hydrogens is 214 g/mol. The van der Waals surface area contributed by atoms with E-state index in [0.29, 0.717) is 6.54 Å². The van der Waals surface area contributed by atoms with Crippen molar-refractivity contribution < 1.29 is 5.11 Å². The number of rotatable bonds is 6. The molecule has 0 aliphatic heterocycles. The highest BCUT2D eigenvalue weighted by molar-refractivity contribution is 5.19. The first-order valence-corrected chi connectivity index (χ1v) is 6.37. The Kier molecular flexibility index (Phi) is 4.71. The Labute approximate surface area is 104 Å². The molecule has 4 heteroatoms. The number of nitrogens with zero attached hydrogens (tertiary/aromatic N) is 2. The van der Waals surface area contributed by atoms with Gasteiger partial charge in [-0.3, -0.25) is 4.68 Å². The third kappa shape index (κ3) is 3.30. The van der Waals surface area contributed by atoms with Gasteiger partial charge in [0.05, 0.1) is 11.8 Å². The molecule has 1 aromatic rings. The maximum atomic E-state index is 10.2. The summed E-state index contributed by atoms with van der Waals surface area (Å²) in [6.07, 6.45) is 3.44. The van der Waals surface area contributed by atoms with Gasteiger partial charge in [-0.25, -0.2) is 0 Å². The lowest BCUT2D eigenvalue weighted by Gasteiger charge is -2.27. The maximum absolute atomic E-state index is 10.2. The molecular formula is C13H25N3O. The minimum Gasteiger partial charge on any atom is -0.389 e. The molecule has 0 amide bonds. The van der Waals surface area contributed by atoms with Crippen LogP contribution in [0.4, 0.5) is 0 Å². The van der Waals surface area contributed by atoms with Crippen molar-refractivity contribution in [2.75, 3.05) is 6.54 Å². The van der Waals surface area contributed by atoms with Crippen LogP contribution in [0.15, 0.2) is 6.20 Å². The van der Waals surface area contributed by atoms with Crippen molar-refractivity contribution in [3.05, 3.63) is 17.5 Å². The fourth-order valence-corrected chi connectivity index (χ4v) is 1.89. The Morgan fingerprint density at radius 1 is 1.47 bits per heavy atom. The molecule has 0 radical (unpaired) electrons. The average molecular weight is 239 g/mol. The Bertz CT molecular complexity index is 356. The van der Waals surface area contributed by atoms with Crippen molar-refractivity contribution in [3.8, 4) is 0 Å². The van der Waals surface area contributed by atoms with E-state index in [-0.39, 0.29) is 6.04 Å². The first-order valence-electron chi connectivity index (χ1n) is 6.37. The van der Waals surface area contributed by atoms with Crippen LogP contribution in [0.3, 0.4) is 0 Å². The van der Waals surface area contributed by atoms with E-state index in [2.05, 4.69) is 24.3 Å². The molecule has 1 atom stereocenters. The van der Waals surface area contributed by atoms with Gasteiger partial charge in [-0.05, 0) is 26.7 Å². The zero-order valence-electron chi connectivity index (χ0n) is 11.6. The molecule has 2 N–H and O–H groups in total. The molecule has 0 aliphatic rings. The van der Waals surface area contributed by atoms with Crippen LogP contribution in [0.2, 0.25) is 0 Å². The quantitative estimate of drug-likeness (QED) is 0.797. The molecule has 0 spiro atoms. The summed E-state index contributed by atoms with van der Waals surface area (Å²) in [7, 11) is 1.94. The molecule has 0 bridgehead atoms. The SMILES string of the molecule is CCC(O)(CC)CNC(C)c1cnn(C)c1C. The van der Waals surface area contributed by atoms with Gasteiger partial charge in [0.2, 0.25) is 0 Å². The summed E-state index contributed by atoms with van der Waals surface area (Å²) in [5.41, 5.74) is 1.77. The molecule has 1 rings (SSSR count). The number of aryl methyl sites for hydroxylation is 1. The normalized spacial score (nSPS) is 14.0. The van der Waals surface area contributed by atoms with Crippen LogP contribution in [-0.2, 0) is 7.05 Å². The molecule has 0 aromatic carbocycles. The first kappa shape index (κ1) is 14.2. The maximum Gasteiger partial charge on any atom is 0.0766 e. The lowest BCUT2D eigenvalue weighted by atomic mass is 9.97. The minimum atomic E-state index is -0.593. The largest absolute Gasteiger partial charge is 0.389 e. The van der Waals surface area contributed by atoms with Gasteiger partial charge in [0.15, 0.2) is 0 Å². The second-order valence-electron chi connectivity index (χ2n) is 4.84. The lowest BCUT2D eigenvalue weighted by Crippen LogP contribution is -2.40. The molecule has 0 saturated carbocycles. The van der Waals surface area contributed by atoms with Crippen molar-refractivity contribution in [1.29, 1.82) is 0 Å². The van der Waals surface area contributed by atoms with Gasteiger partial charge in [-0.15, -0.1) is 0 Å². The van der Waals surface area contributed by atoms with Crippen LogP contribution in [0.5, 0.6) is 0 Å². The van der Waals surface area contributed by atoms with Crippen LogP contribution in [0.1, 0.15) is 50.9 Å². The van der Waals surface area contributed by atoms with E-state index < -0.39 is 5.60 Å². The summed E-state index contributed by atoms with van der Waals surface area (Å²) in [5.74, 6) is 0. The predicted molar refractivity (Wildman–Crippen MR) is 69.9 cm³/mol. The van der Waals surface area contributed by atoms with E-state index in [9.17, 15) is 5.11 Å². The third-order valence-corrected chi connectivity index (χ3v) is 3.79. The monoisotopic (exact) mass is 239 g/mol. The second kappa shape index (κ2) is 5.65. The van der Waals surface area contributed by atoms with Crippen LogP contribution in [-0.4, -0.2) is 27.0 Å². The van der Waals surface area contributed by atoms with E-state index >= 15 is 0 Å². The second-order valence-corrected chi connectivity index (χ2v) is 4.84. The zero-order valence-corrected chi connectivity index (χ0v) is 11.6. The fraction of sp³-hybridized carbons (Fsp3) is 0.769. The molecule has 0 saturated heterocycles. The smallest absolute Gasteiger partial charge is 0.0766 e. The van der Waals surface area contributed by atoms with Gasteiger partial charge < -0.3 is 10.4 Å². The molecule has 1 unspecified atom stereocenters. The molecule has 1 heterocycles. The Balaban J connectivity index is 2.61. The Morgan fingerprint density at radius 3 is 2.47 bits per heavy atom. The van der Waals surface area contributed by atoms with E-state index in [1.54, 1.807) is 0 Å². The Hall–Kier alpha value is -0.870. The predicted octanol–water partition coefficient (Wildman–Crippen LogP) is 1.93. The zero-order chi connectivity index (χ0) is 13.1. The number of nitrogens with one attached hydrogen (secondary N) is 1. The van der Waals surface area contributed by atoms with Crippen molar-refractivity contribution in [3.63, 3.8) is 0 Å². The highest BCUT2D eigenvalue weighted by atomic mass is 16.3. The molecule has 0 aliphatic carbocycles. The summed E-state index contributed by atoms with van der Waals surface area (Å²) < 4.78 is 1.87. The lowest BCUT2D eigenvalue weighted by molar-refractivity contribution is 0.0303. The summed E-state index contributed by atoms with van der Waals surface area (Å²) in [6, 6.07) is 0.216. The van der Waals surface area contributed by atoms with Crippen molar-refractivity contribution in [1.82, 2.24) is 15.1 Å². The fourth-order valence-electron chi connectivity index (χ4n) is 1.89. The highest BCUT2D eigenvalue weighted by Gasteiger charge is 2.23. The van der Waals surface area contributed by atoms with Crippen molar-refractivity contribution in [2.45, 2.75) is 52.2 Å². The molecule has 0 fully saturated rings. The summed E-state index contributed by atoms with van der Waals surface area (Å²) in [4.78, 5) is 0. The van der Waals surface area contributed by atoms with E-state index in [1.807, 2.05) is 31.8 Å². The number of aromatic nitrogens is 2. The van der Waals surface area contributed by atoms with Gasteiger partial charge in [0, 0.05) is 30.9 Å². The highest BCUT2D eigenvalue weighted by Crippen LogP contribution is 2.19. The van der Waals surface area contributed by atoms with Gasteiger partial charge in [-0.1, -0.05) is 13.8 Å². The third-order valence-electron chi connectivity index (χ3n) is 3.79. The molecule has 98 valence electrons. The van der Waals surface area contributed by atoms with Crippen LogP contribution < -0.4 is 5.32 Å². The molecule has 17 heavy (non-hydrogen) atoms. The van der Waals surface area contributed by atoms with Crippen molar-refractivity contribution >= 4 is 0 Å². The summed E-state index contributed by atoms with van der Waals surface area (Å²) in [6.45, 7) is 8.83. The van der Waals surface area contributed by atoms with Crippen LogP contribution in [0.25, 0.3) is 0 Å². The summed E-state index contributed by atoms with van der Waals surface area (Å²) >= 11 is 0.